The van der Waals surface area contributed by atoms with Crippen LogP contribution < -0.4 is 9.13 Å². The van der Waals surface area contributed by atoms with E-state index in [4.69, 9.17) is 0 Å². The number of benzene rings is 3. The van der Waals surface area contributed by atoms with Crippen LogP contribution in [0.15, 0.2) is 116 Å². The lowest BCUT2D eigenvalue weighted by atomic mass is 9.77. The molecule has 4 heterocycles. The predicted octanol–water partition coefficient (Wildman–Crippen LogP) is 7.30. The van der Waals surface area contributed by atoms with Gasteiger partial charge < -0.3 is 0 Å². The van der Waals surface area contributed by atoms with Crippen LogP contribution in [0, 0.1) is 11.6 Å². The summed E-state index contributed by atoms with van der Waals surface area (Å²) in [6, 6.07) is 31.7. The van der Waals surface area contributed by atoms with Crippen LogP contribution in [0.5, 0.6) is 0 Å². The summed E-state index contributed by atoms with van der Waals surface area (Å²) in [5, 5.41) is 0. The zero-order valence-electron chi connectivity index (χ0n) is 20.8. The first-order valence-electron chi connectivity index (χ1n) is 13.0. The quantitative estimate of drug-likeness (QED) is 0.214. The van der Waals surface area contributed by atoms with Crippen molar-refractivity contribution in [2.24, 2.45) is 0 Å². The van der Waals surface area contributed by atoms with Crippen LogP contribution in [0.3, 0.4) is 0 Å². The first-order chi connectivity index (χ1) is 18.7. The van der Waals surface area contributed by atoms with E-state index in [1.807, 2.05) is 30.5 Å². The minimum Gasteiger partial charge on any atom is -0.207 e. The highest BCUT2D eigenvalue weighted by atomic mass is 19.1. The van der Waals surface area contributed by atoms with Crippen LogP contribution in [-0.4, -0.2) is 0 Å². The Labute approximate surface area is 220 Å². The molecular formula is C34H26F2N2+2. The van der Waals surface area contributed by atoms with Crippen LogP contribution in [0.2, 0.25) is 0 Å². The van der Waals surface area contributed by atoms with Gasteiger partial charge in [0.25, 0.3) is 0 Å². The van der Waals surface area contributed by atoms with Gasteiger partial charge in [-0.2, -0.15) is 9.13 Å². The fraction of sp³-hybridized carbons (Fsp3) is 0.118. The fourth-order valence-electron chi connectivity index (χ4n) is 6.20. The molecule has 0 bridgehead atoms. The van der Waals surface area contributed by atoms with E-state index in [0.717, 1.165) is 40.6 Å². The summed E-state index contributed by atoms with van der Waals surface area (Å²) in [5.41, 5.74) is 7.85. The molecule has 0 saturated heterocycles. The SMILES string of the molecule is Fc1cc(F)c2c(c1)C1C/C=C/[n+]3ccc(-c4ccccc4)cc3-c3ccccc3CC1[n+]1ccccc1-2. The summed E-state index contributed by atoms with van der Waals surface area (Å²) in [7, 11) is 0. The third kappa shape index (κ3) is 3.76. The molecule has 3 aromatic carbocycles. The molecule has 0 radical (unpaired) electrons. The van der Waals surface area contributed by atoms with Crippen molar-refractivity contribution in [3.63, 3.8) is 0 Å². The maximum absolute atomic E-state index is 15.2. The van der Waals surface area contributed by atoms with E-state index < -0.39 is 11.6 Å². The smallest absolute Gasteiger partial charge is 0.207 e. The van der Waals surface area contributed by atoms with Crippen molar-refractivity contribution in [1.29, 1.82) is 0 Å². The Balaban J connectivity index is 1.44. The standard InChI is InChI=1S/C34H26F2N2/c35-26-21-29-28-13-8-16-37-18-15-24(23-9-2-1-3-10-23)19-32(37)27-12-5-4-11-25(27)20-33(28)38-17-7-6-14-31(38)34(29)30(36)22-26/h1-12,14-19,21-22,28,33H,13,20H2/q+2/b16-8+. The number of halogens is 2. The maximum atomic E-state index is 15.2. The molecule has 2 aliphatic rings. The number of rotatable bonds is 1. The number of allylic oxidation sites excluding steroid dienone is 1. The first-order valence-corrected chi connectivity index (χ1v) is 13.0. The molecule has 0 amide bonds. The molecule has 4 heteroatoms. The minimum absolute atomic E-state index is 0.00885. The molecule has 184 valence electrons. The average molecular weight is 501 g/mol. The summed E-state index contributed by atoms with van der Waals surface area (Å²) in [6.45, 7) is 0. The molecule has 2 nitrogen and oxygen atoms in total. The van der Waals surface area contributed by atoms with E-state index in [9.17, 15) is 4.39 Å². The van der Waals surface area contributed by atoms with Gasteiger partial charge in [0.2, 0.25) is 11.4 Å². The second-order valence-corrected chi connectivity index (χ2v) is 10.1. The van der Waals surface area contributed by atoms with Crippen LogP contribution in [0.4, 0.5) is 8.78 Å². The van der Waals surface area contributed by atoms with Crippen molar-refractivity contribution in [2.75, 3.05) is 0 Å². The van der Waals surface area contributed by atoms with Crippen LogP contribution in [0.1, 0.15) is 29.5 Å². The van der Waals surface area contributed by atoms with Crippen molar-refractivity contribution in [2.45, 2.75) is 24.8 Å². The van der Waals surface area contributed by atoms with Gasteiger partial charge in [-0.05, 0) is 52.9 Å². The number of fused-ring (bicyclic) bond motifs is 9. The van der Waals surface area contributed by atoms with E-state index in [2.05, 4.69) is 88.3 Å². The zero-order valence-corrected chi connectivity index (χ0v) is 20.8. The highest BCUT2D eigenvalue weighted by molar-refractivity contribution is 5.71. The lowest BCUT2D eigenvalue weighted by molar-refractivity contribution is -0.718. The second-order valence-electron chi connectivity index (χ2n) is 10.1. The molecule has 0 saturated carbocycles. The molecular weight excluding hydrogens is 474 g/mol. The number of aromatic nitrogens is 2. The van der Waals surface area contributed by atoms with Crippen molar-refractivity contribution in [3.05, 3.63) is 138 Å². The van der Waals surface area contributed by atoms with Crippen molar-refractivity contribution in [1.82, 2.24) is 0 Å². The first kappa shape index (κ1) is 22.7. The maximum Gasteiger partial charge on any atom is 0.218 e. The Morgan fingerprint density at radius 2 is 1.53 bits per heavy atom. The third-order valence-corrected chi connectivity index (χ3v) is 7.92. The minimum atomic E-state index is -0.529. The highest BCUT2D eigenvalue weighted by Crippen LogP contribution is 2.44. The van der Waals surface area contributed by atoms with Crippen LogP contribution >= 0.6 is 0 Å². The van der Waals surface area contributed by atoms with Gasteiger partial charge in [0.05, 0.1) is 17.0 Å². The monoisotopic (exact) mass is 500 g/mol. The Morgan fingerprint density at radius 1 is 0.711 bits per heavy atom. The van der Waals surface area contributed by atoms with Crippen LogP contribution in [0.25, 0.3) is 39.8 Å². The van der Waals surface area contributed by atoms with Gasteiger partial charge in [0.15, 0.2) is 24.6 Å². The van der Waals surface area contributed by atoms with Crippen molar-refractivity contribution >= 4 is 6.20 Å². The fourth-order valence-corrected chi connectivity index (χ4v) is 6.20. The van der Waals surface area contributed by atoms with Gasteiger partial charge in [0.1, 0.15) is 11.6 Å². The number of hydrogen-bond acceptors (Lipinski definition) is 0. The third-order valence-electron chi connectivity index (χ3n) is 7.92. The molecule has 0 fully saturated rings. The van der Waals surface area contributed by atoms with Crippen LogP contribution in [-0.2, 0) is 6.42 Å². The zero-order chi connectivity index (χ0) is 25.6. The summed E-state index contributed by atoms with van der Waals surface area (Å²) < 4.78 is 34.1. The predicted molar refractivity (Wildman–Crippen MR) is 145 cm³/mol. The van der Waals surface area contributed by atoms with E-state index in [0.29, 0.717) is 12.0 Å². The van der Waals surface area contributed by atoms with E-state index in [-0.39, 0.29) is 12.0 Å². The Kier molecular flexibility index (Phi) is 5.47. The molecule has 7 rings (SSSR count). The molecule has 0 N–H and O–H groups in total. The Hall–Kier alpha value is -4.44. The largest absolute Gasteiger partial charge is 0.218 e. The molecule has 0 aliphatic carbocycles. The second kappa shape index (κ2) is 9.14. The van der Waals surface area contributed by atoms with Gasteiger partial charge in [-0.15, -0.1) is 0 Å². The van der Waals surface area contributed by atoms with Gasteiger partial charge >= 0.3 is 0 Å². The van der Waals surface area contributed by atoms with E-state index in [1.54, 1.807) is 0 Å². The van der Waals surface area contributed by atoms with Crippen molar-refractivity contribution < 1.29 is 17.9 Å². The summed E-state index contributed by atoms with van der Waals surface area (Å²) in [4.78, 5) is 0. The van der Waals surface area contributed by atoms with E-state index >= 15 is 4.39 Å². The molecule has 38 heavy (non-hydrogen) atoms. The number of hydrogen-bond donors (Lipinski definition) is 0. The lowest BCUT2D eigenvalue weighted by Gasteiger charge is -2.31. The van der Waals surface area contributed by atoms with Gasteiger partial charge in [-0.25, -0.2) is 8.78 Å². The molecule has 0 spiro atoms. The Morgan fingerprint density at radius 3 is 2.42 bits per heavy atom. The lowest BCUT2D eigenvalue weighted by Crippen LogP contribution is -2.48. The average Bonchev–Trinajstić information content (AvgIpc) is 2.95. The van der Waals surface area contributed by atoms with Gasteiger partial charge in [0, 0.05) is 36.8 Å². The van der Waals surface area contributed by atoms with Gasteiger partial charge in [-0.3, -0.25) is 0 Å². The molecule has 5 aromatic rings. The van der Waals surface area contributed by atoms with E-state index in [1.165, 1.54) is 17.2 Å². The molecule has 2 aliphatic heterocycles. The topological polar surface area (TPSA) is 7.76 Å². The highest BCUT2D eigenvalue weighted by Gasteiger charge is 2.42. The van der Waals surface area contributed by atoms with Crippen molar-refractivity contribution in [3.8, 4) is 33.6 Å². The summed E-state index contributed by atoms with van der Waals surface area (Å²) in [6.07, 6.45) is 9.76. The molecule has 2 unspecified atom stereocenters. The summed E-state index contributed by atoms with van der Waals surface area (Å²) >= 11 is 0. The van der Waals surface area contributed by atoms with Gasteiger partial charge in [-0.1, -0.05) is 48.5 Å². The molecule has 2 atom stereocenters. The Bertz CT molecular complexity index is 1710. The summed E-state index contributed by atoms with van der Waals surface area (Å²) in [5.74, 6) is -1.11. The number of nitrogens with zero attached hydrogens (tertiary/aromatic N) is 2. The number of pyridine rings is 2. The molecule has 2 aromatic heterocycles. The normalized spacial score (nSPS) is 18.3.